The highest BCUT2D eigenvalue weighted by Crippen LogP contribution is 2.19. The third-order valence-electron chi connectivity index (χ3n) is 2.62. The van der Waals surface area contributed by atoms with E-state index >= 15 is 0 Å². The van der Waals surface area contributed by atoms with Crippen LogP contribution in [0.1, 0.15) is 19.8 Å². The van der Waals surface area contributed by atoms with Crippen LogP contribution in [-0.4, -0.2) is 44.0 Å². The summed E-state index contributed by atoms with van der Waals surface area (Å²) in [6.45, 7) is 4.70. The lowest BCUT2D eigenvalue weighted by atomic mass is 9.93. The fourth-order valence-electron chi connectivity index (χ4n) is 1.95. The summed E-state index contributed by atoms with van der Waals surface area (Å²) < 4.78 is 5.38. The summed E-state index contributed by atoms with van der Waals surface area (Å²) in [5, 5.41) is 0. The van der Waals surface area contributed by atoms with E-state index in [1.165, 1.54) is 6.42 Å². The van der Waals surface area contributed by atoms with Crippen molar-refractivity contribution in [3.8, 4) is 0 Å². The summed E-state index contributed by atoms with van der Waals surface area (Å²) in [6.07, 6.45) is 3.06. The van der Waals surface area contributed by atoms with Crippen LogP contribution in [0.5, 0.6) is 0 Å². The Morgan fingerprint density at radius 2 is 2.46 bits per heavy atom. The lowest BCUT2D eigenvalue weighted by Crippen LogP contribution is -2.39. The Bertz CT molecular complexity index is 161. The average Bonchev–Trinajstić information content (AvgIpc) is 2.14. The molecule has 1 heterocycles. The van der Waals surface area contributed by atoms with Gasteiger partial charge in [-0.3, -0.25) is 0 Å². The van der Waals surface area contributed by atoms with Crippen molar-refractivity contribution in [1.82, 2.24) is 4.90 Å². The first-order chi connectivity index (χ1) is 6.27. The molecule has 0 spiro atoms. The van der Waals surface area contributed by atoms with E-state index < -0.39 is 0 Å². The normalized spacial score (nSPS) is 27.1. The van der Waals surface area contributed by atoms with Crippen LogP contribution >= 0.6 is 0 Å². The summed E-state index contributed by atoms with van der Waals surface area (Å²) in [7, 11) is 2.10. The molecule has 0 bridgehead atoms. The molecule has 0 aliphatic carbocycles. The summed E-state index contributed by atoms with van der Waals surface area (Å²) in [5.41, 5.74) is 0. The number of ether oxygens (including phenoxy) is 1. The van der Waals surface area contributed by atoms with Crippen molar-refractivity contribution in [3.63, 3.8) is 0 Å². The molecule has 0 saturated carbocycles. The molecule has 1 rings (SSSR count). The maximum Gasteiger partial charge on any atom is 0.149 e. The molecule has 0 amide bonds. The molecule has 0 aromatic carbocycles. The van der Waals surface area contributed by atoms with E-state index in [2.05, 4.69) is 11.9 Å². The molecule has 0 N–H and O–H groups in total. The van der Waals surface area contributed by atoms with Crippen molar-refractivity contribution in [2.24, 2.45) is 5.92 Å². The van der Waals surface area contributed by atoms with Crippen LogP contribution in [0.2, 0.25) is 0 Å². The van der Waals surface area contributed by atoms with Crippen LogP contribution in [0.25, 0.3) is 0 Å². The van der Waals surface area contributed by atoms with Gasteiger partial charge >= 0.3 is 0 Å². The van der Waals surface area contributed by atoms with Gasteiger partial charge in [0, 0.05) is 19.1 Å². The number of hydrogen-bond donors (Lipinski definition) is 0. The molecule has 1 saturated heterocycles. The van der Waals surface area contributed by atoms with Crippen molar-refractivity contribution in [1.29, 1.82) is 0 Å². The van der Waals surface area contributed by atoms with Gasteiger partial charge in [-0.2, -0.15) is 0 Å². The van der Waals surface area contributed by atoms with E-state index in [1.807, 2.05) is 6.92 Å². The third kappa shape index (κ3) is 3.08. The van der Waals surface area contributed by atoms with Gasteiger partial charge in [0.2, 0.25) is 0 Å². The fraction of sp³-hybridized carbons (Fsp3) is 0.900. The number of aldehydes is 1. The molecule has 13 heavy (non-hydrogen) atoms. The minimum absolute atomic E-state index is 0.187. The van der Waals surface area contributed by atoms with Crippen molar-refractivity contribution in [2.45, 2.75) is 25.9 Å². The number of rotatable bonds is 4. The molecule has 3 heteroatoms. The molecule has 2 unspecified atom stereocenters. The highest BCUT2D eigenvalue weighted by Gasteiger charge is 2.25. The lowest BCUT2D eigenvalue weighted by Gasteiger charge is -2.32. The van der Waals surface area contributed by atoms with Crippen molar-refractivity contribution in [2.75, 3.05) is 26.7 Å². The van der Waals surface area contributed by atoms with E-state index in [0.29, 0.717) is 12.5 Å². The quantitative estimate of drug-likeness (QED) is 0.610. The number of carbonyl (C=O) groups is 1. The minimum atomic E-state index is -0.187. The van der Waals surface area contributed by atoms with Crippen LogP contribution < -0.4 is 0 Å². The van der Waals surface area contributed by atoms with Gasteiger partial charge in [-0.25, -0.2) is 0 Å². The van der Waals surface area contributed by atoms with Crippen LogP contribution in [-0.2, 0) is 9.53 Å². The molecule has 1 aliphatic heterocycles. The lowest BCUT2D eigenvalue weighted by molar-refractivity contribution is -0.122. The molecule has 1 aliphatic rings. The van der Waals surface area contributed by atoms with Crippen LogP contribution in [0, 0.1) is 5.92 Å². The number of carbonyl (C=O) groups excluding carboxylic acids is 1. The predicted molar refractivity (Wildman–Crippen MR) is 51.7 cm³/mol. The van der Waals surface area contributed by atoms with Gasteiger partial charge in [-0.05, 0) is 33.4 Å². The Morgan fingerprint density at radius 1 is 1.69 bits per heavy atom. The van der Waals surface area contributed by atoms with E-state index in [9.17, 15) is 4.79 Å². The number of hydrogen-bond acceptors (Lipinski definition) is 3. The van der Waals surface area contributed by atoms with Gasteiger partial charge in [-0.15, -0.1) is 0 Å². The molecule has 0 aromatic rings. The Hall–Kier alpha value is -0.410. The topological polar surface area (TPSA) is 29.5 Å². The smallest absolute Gasteiger partial charge is 0.149 e. The highest BCUT2D eigenvalue weighted by molar-refractivity contribution is 5.56. The van der Waals surface area contributed by atoms with E-state index in [0.717, 1.165) is 25.8 Å². The third-order valence-corrected chi connectivity index (χ3v) is 2.62. The number of nitrogens with zero attached hydrogens (tertiary/aromatic N) is 1. The zero-order chi connectivity index (χ0) is 9.68. The Labute approximate surface area is 80.1 Å². The summed E-state index contributed by atoms with van der Waals surface area (Å²) in [4.78, 5) is 13.0. The zero-order valence-electron chi connectivity index (χ0n) is 8.53. The van der Waals surface area contributed by atoms with Gasteiger partial charge in [0.25, 0.3) is 0 Å². The van der Waals surface area contributed by atoms with Crippen LogP contribution in [0.3, 0.4) is 0 Å². The van der Waals surface area contributed by atoms with Gasteiger partial charge in [0.1, 0.15) is 12.4 Å². The zero-order valence-corrected chi connectivity index (χ0v) is 8.53. The Kier molecular flexibility index (Phi) is 4.39. The maximum atomic E-state index is 10.8. The Balaban J connectivity index is 2.42. The molecule has 0 radical (unpaired) electrons. The first kappa shape index (κ1) is 10.7. The van der Waals surface area contributed by atoms with Crippen molar-refractivity contribution < 1.29 is 9.53 Å². The summed E-state index contributed by atoms with van der Waals surface area (Å²) in [6, 6.07) is 0. The van der Waals surface area contributed by atoms with Crippen molar-refractivity contribution in [3.05, 3.63) is 0 Å². The number of piperidine rings is 1. The van der Waals surface area contributed by atoms with Gasteiger partial charge < -0.3 is 14.4 Å². The molecule has 2 atom stereocenters. The Morgan fingerprint density at radius 3 is 3.00 bits per heavy atom. The monoisotopic (exact) mass is 185 g/mol. The second-order valence-electron chi connectivity index (χ2n) is 3.72. The first-order valence-corrected chi connectivity index (χ1v) is 5.03. The van der Waals surface area contributed by atoms with Crippen molar-refractivity contribution >= 4 is 6.29 Å². The molecule has 76 valence electrons. The molecule has 3 nitrogen and oxygen atoms in total. The second-order valence-corrected chi connectivity index (χ2v) is 3.72. The minimum Gasteiger partial charge on any atom is -0.371 e. The van der Waals surface area contributed by atoms with Crippen LogP contribution in [0.15, 0.2) is 0 Å². The summed E-state index contributed by atoms with van der Waals surface area (Å²) in [5.74, 6) is 0.399. The average molecular weight is 185 g/mol. The first-order valence-electron chi connectivity index (χ1n) is 5.03. The molecular weight excluding hydrogens is 166 g/mol. The summed E-state index contributed by atoms with van der Waals surface area (Å²) >= 11 is 0. The predicted octanol–water partition coefficient (Wildman–Crippen LogP) is 0.932. The van der Waals surface area contributed by atoms with E-state index in [-0.39, 0.29) is 6.10 Å². The molecule has 1 fully saturated rings. The van der Waals surface area contributed by atoms with Crippen LogP contribution in [0.4, 0.5) is 0 Å². The number of likely N-dealkylation sites (tertiary alicyclic amines) is 1. The van der Waals surface area contributed by atoms with Gasteiger partial charge in [0.15, 0.2) is 0 Å². The molecular formula is C10H19NO2. The molecule has 0 aromatic heterocycles. The van der Waals surface area contributed by atoms with E-state index in [1.54, 1.807) is 0 Å². The highest BCUT2D eigenvalue weighted by atomic mass is 16.5. The van der Waals surface area contributed by atoms with Gasteiger partial charge in [0.05, 0.1) is 0 Å². The van der Waals surface area contributed by atoms with Gasteiger partial charge in [-0.1, -0.05) is 0 Å². The fourth-order valence-corrected chi connectivity index (χ4v) is 1.95. The standard InChI is InChI=1S/C10H19NO2/c1-3-13-10(8-12)9-5-4-6-11(2)7-9/h8-10H,3-7H2,1-2H3. The SMILES string of the molecule is CCOC(C=O)C1CCCN(C)C1. The second kappa shape index (κ2) is 5.35. The maximum absolute atomic E-state index is 10.8. The largest absolute Gasteiger partial charge is 0.371 e. The van der Waals surface area contributed by atoms with E-state index in [4.69, 9.17) is 4.74 Å².